The largest absolute Gasteiger partial charge is 0.326 e. The highest BCUT2D eigenvalue weighted by molar-refractivity contribution is 9.10. The van der Waals surface area contributed by atoms with Gasteiger partial charge in [0.1, 0.15) is 0 Å². The Hall–Kier alpha value is -0.690. The normalized spacial score (nSPS) is 17.3. The van der Waals surface area contributed by atoms with E-state index >= 15 is 0 Å². The molecule has 0 aromatic heterocycles. The van der Waals surface area contributed by atoms with Crippen LogP contribution in [0, 0.1) is 0 Å². The zero-order valence-electron chi connectivity index (χ0n) is 10.8. The number of nitrogens with zero attached hydrogens (tertiary/aromatic N) is 1. The van der Waals surface area contributed by atoms with E-state index in [0.29, 0.717) is 29.0 Å². The van der Waals surface area contributed by atoms with Crippen LogP contribution < -0.4 is 5.73 Å². The van der Waals surface area contributed by atoms with Gasteiger partial charge in [-0.1, -0.05) is 17.7 Å². The summed E-state index contributed by atoms with van der Waals surface area (Å²) < 4.78 is 27.2. The molecule has 0 amide bonds. The summed E-state index contributed by atoms with van der Waals surface area (Å²) >= 11 is 3.33. The number of hydrogen-bond donors (Lipinski definition) is 1. The van der Waals surface area contributed by atoms with E-state index in [1.54, 1.807) is 18.2 Å². The van der Waals surface area contributed by atoms with Crippen LogP contribution >= 0.6 is 15.9 Å². The molecule has 0 radical (unpaired) electrons. The first-order valence-corrected chi connectivity index (χ1v) is 8.32. The molecule has 1 aliphatic heterocycles. The maximum Gasteiger partial charge on any atom is 0.244 e. The van der Waals surface area contributed by atoms with Gasteiger partial charge in [-0.15, -0.1) is 0 Å². The topological polar surface area (TPSA) is 63.4 Å². The molecule has 4 nitrogen and oxygen atoms in total. The number of hydrogen-bond acceptors (Lipinski definition) is 3. The molecule has 1 aromatic carbocycles. The van der Waals surface area contributed by atoms with E-state index < -0.39 is 10.0 Å². The van der Waals surface area contributed by atoms with E-state index in [4.69, 9.17) is 5.73 Å². The van der Waals surface area contributed by atoms with Crippen LogP contribution in [0.15, 0.2) is 39.2 Å². The lowest BCUT2D eigenvalue weighted by Crippen LogP contribution is -2.34. The first-order chi connectivity index (χ1) is 8.95. The fourth-order valence-electron chi connectivity index (χ4n) is 1.99. The van der Waals surface area contributed by atoms with Crippen LogP contribution in [0.2, 0.25) is 0 Å². The lowest BCUT2D eigenvalue weighted by Gasteiger charge is -2.25. The first kappa shape index (κ1) is 14.7. The molecule has 2 N–H and O–H groups in total. The summed E-state index contributed by atoms with van der Waals surface area (Å²) in [5.41, 5.74) is 7.69. The van der Waals surface area contributed by atoms with Crippen molar-refractivity contribution in [2.24, 2.45) is 5.73 Å². The Labute approximate surface area is 122 Å². The molecule has 0 atom stereocenters. The molecule has 1 aliphatic rings. The van der Waals surface area contributed by atoms with Crippen LogP contribution in [0.3, 0.4) is 0 Å². The molecular weight excluding hydrogens is 328 g/mol. The number of halogens is 1. The minimum Gasteiger partial charge on any atom is -0.326 e. The molecule has 0 fully saturated rings. The van der Waals surface area contributed by atoms with E-state index in [0.717, 1.165) is 12.0 Å². The molecule has 1 heterocycles. The van der Waals surface area contributed by atoms with Gasteiger partial charge >= 0.3 is 0 Å². The highest BCUT2D eigenvalue weighted by Gasteiger charge is 2.27. The third kappa shape index (κ3) is 3.08. The summed E-state index contributed by atoms with van der Waals surface area (Å²) in [7, 11) is -3.44. The Balaban J connectivity index is 2.35. The molecule has 0 bridgehead atoms. The molecule has 2 rings (SSSR count). The average Bonchev–Trinajstić information content (AvgIpc) is 2.38. The Kier molecular flexibility index (Phi) is 4.45. The third-order valence-electron chi connectivity index (χ3n) is 3.25. The van der Waals surface area contributed by atoms with Gasteiger partial charge in [0.15, 0.2) is 0 Å². The smallest absolute Gasteiger partial charge is 0.244 e. The highest BCUT2D eigenvalue weighted by Crippen LogP contribution is 2.27. The van der Waals surface area contributed by atoms with Gasteiger partial charge in [0, 0.05) is 24.1 Å². The second kappa shape index (κ2) is 5.75. The van der Waals surface area contributed by atoms with Gasteiger partial charge in [-0.05, 0) is 47.0 Å². The number of nitrogens with two attached hydrogens (primary N) is 1. The van der Waals surface area contributed by atoms with Gasteiger partial charge in [-0.25, -0.2) is 8.42 Å². The van der Waals surface area contributed by atoms with E-state index in [2.05, 4.69) is 15.9 Å². The molecular formula is C13H17BrN2O2S. The zero-order valence-corrected chi connectivity index (χ0v) is 13.2. The molecule has 0 saturated carbocycles. The Morgan fingerprint density at radius 2 is 2.16 bits per heavy atom. The fraction of sp³-hybridized carbons (Fsp3) is 0.385. The van der Waals surface area contributed by atoms with E-state index in [1.807, 2.05) is 13.0 Å². The molecule has 104 valence electrons. The van der Waals surface area contributed by atoms with Crippen LogP contribution in [-0.2, 0) is 16.6 Å². The summed E-state index contributed by atoms with van der Waals surface area (Å²) in [6.07, 6.45) is 2.75. The minimum atomic E-state index is -3.44. The van der Waals surface area contributed by atoms with Crippen molar-refractivity contribution in [3.8, 4) is 0 Å². The number of rotatable bonds is 3. The van der Waals surface area contributed by atoms with E-state index in [9.17, 15) is 8.42 Å². The second-order valence-electron chi connectivity index (χ2n) is 4.63. The van der Waals surface area contributed by atoms with Gasteiger partial charge < -0.3 is 5.73 Å². The Bertz CT molecular complexity index is 611. The monoisotopic (exact) mass is 344 g/mol. The van der Waals surface area contributed by atoms with Gasteiger partial charge in [0.25, 0.3) is 0 Å². The molecule has 0 spiro atoms. The van der Waals surface area contributed by atoms with E-state index in [1.165, 1.54) is 9.88 Å². The maximum absolute atomic E-state index is 12.5. The van der Waals surface area contributed by atoms with Crippen molar-refractivity contribution >= 4 is 26.0 Å². The standard InChI is InChI=1S/C13H17BrN2O2S/c1-10-4-6-16(7-5-10)19(17,18)13-3-2-11(9-15)8-12(13)14/h2-4,8H,5-7,9,15H2,1H3. The van der Waals surface area contributed by atoms with Crippen molar-refractivity contribution < 1.29 is 8.42 Å². The molecule has 6 heteroatoms. The van der Waals surface area contributed by atoms with E-state index in [-0.39, 0.29) is 0 Å². The first-order valence-electron chi connectivity index (χ1n) is 6.09. The molecule has 0 aliphatic carbocycles. The molecule has 1 aromatic rings. The predicted octanol–water partition coefficient (Wildman–Crippen LogP) is 2.25. The third-order valence-corrected chi connectivity index (χ3v) is 6.09. The molecule has 0 unspecified atom stereocenters. The fourth-order valence-corrected chi connectivity index (χ4v) is 4.46. The van der Waals surface area contributed by atoms with Crippen molar-refractivity contribution in [3.05, 3.63) is 39.9 Å². The SMILES string of the molecule is CC1=CCN(S(=O)(=O)c2ccc(CN)cc2Br)CC1. The quantitative estimate of drug-likeness (QED) is 0.855. The predicted molar refractivity (Wildman–Crippen MR) is 79.2 cm³/mol. The van der Waals surface area contributed by atoms with Crippen LogP contribution in [0.4, 0.5) is 0 Å². The van der Waals surface area contributed by atoms with Crippen LogP contribution in [-0.4, -0.2) is 25.8 Å². The van der Waals surface area contributed by atoms with Crippen LogP contribution in [0.5, 0.6) is 0 Å². The van der Waals surface area contributed by atoms with Gasteiger partial charge in [-0.2, -0.15) is 4.31 Å². The lowest BCUT2D eigenvalue weighted by molar-refractivity contribution is 0.431. The molecule has 19 heavy (non-hydrogen) atoms. The Morgan fingerprint density at radius 3 is 2.68 bits per heavy atom. The summed E-state index contributed by atoms with van der Waals surface area (Å²) in [6, 6.07) is 5.13. The van der Waals surface area contributed by atoms with Crippen molar-refractivity contribution in [1.82, 2.24) is 4.31 Å². The minimum absolute atomic E-state index is 0.303. The molecule has 0 saturated heterocycles. The van der Waals surface area contributed by atoms with Gasteiger partial charge in [0.2, 0.25) is 10.0 Å². The second-order valence-corrected chi connectivity index (χ2v) is 7.39. The Morgan fingerprint density at radius 1 is 1.42 bits per heavy atom. The van der Waals surface area contributed by atoms with Gasteiger partial charge in [0.05, 0.1) is 4.90 Å². The average molecular weight is 345 g/mol. The van der Waals surface area contributed by atoms with Crippen molar-refractivity contribution in [2.45, 2.75) is 24.8 Å². The number of sulfonamides is 1. The van der Waals surface area contributed by atoms with Crippen molar-refractivity contribution in [1.29, 1.82) is 0 Å². The summed E-state index contributed by atoms with van der Waals surface area (Å²) in [5.74, 6) is 0. The number of benzene rings is 1. The zero-order chi connectivity index (χ0) is 14.0. The highest BCUT2D eigenvalue weighted by atomic mass is 79.9. The van der Waals surface area contributed by atoms with Gasteiger partial charge in [-0.3, -0.25) is 0 Å². The van der Waals surface area contributed by atoms with Crippen molar-refractivity contribution in [3.63, 3.8) is 0 Å². The summed E-state index contributed by atoms with van der Waals surface area (Å²) in [6.45, 7) is 3.40. The van der Waals surface area contributed by atoms with Crippen LogP contribution in [0.1, 0.15) is 18.9 Å². The van der Waals surface area contributed by atoms with Crippen molar-refractivity contribution in [2.75, 3.05) is 13.1 Å². The lowest BCUT2D eigenvalue weighted by atomic mass is 10.1. The summed E-state index contributed by atoms with van der Waals surface area (Å²) in [5, 5.41) is 0. The summed E-state index contributed by atoms with van der Waals surface area (Å²) in [4.78, 5) is 0.303. The van der Waals surface area contributed by atoms with Crippen LogP contribution in [0.25, 0.3) is 0 Å². The maximum atomic E-state index is 12.5.